The number of carboxylic acid groups (broad SMARTS) is 1. The fourth-order valence-electron chi connectivity index (χ4n) is 4.78. The summed E-state index contributed by atoms with van der Waals surface area (Å²) in [7, 11) is 0. The van der Waals surface area contributed by atoms with Crippen molar-refractivity contribution >= 4 is 23.6 Å². The number of aliphatic carboxylic acids is 1. The number of amides is 2. The summed E-state index contributed by atoms with van der Waals surface area (Å²) in [4.78, 5) is 43.3. The van der Waals surface area contributed by atoms with Crippen LogP contribution >= 0.6 is 0 Å². The number of hydrogen-bond donors (Lipinski definition) is 2. The van der Waals surface area contributed by atoms with Crippen molar-refractivity contribution in [1.29, 1.82) is 0 Å². The third kappa shape index (κ3) is 4.91. The molecule has 190 valence electrons. The number of benzene rings is 3. The first-order valence-electron chi connectivity index (χ1n) is 12.4. The predicted molar refractivity (Wildman–Crippen MR) is 146 cm³/mol. The molecule has 1 aromatic heterocycles. The fourth-order valence-corrected chi connectivity index (χ4v) is 4.78. The Bertz CT molecular complexity index is 1500. The minimum Gasteiger partial charge on any atom is -0.480 e. The zero-order chi connectivity index (χ0) is 26.8. The second-order valence-corrected chi connectivity index (χ2v) is 9.66. The van der Waals surface area contributed by atoms with Gasteiger partial charge in [0.05, 0.1) is 0 Å². The maximum absolute atomic E-state index is 13.0. The van der Waals surface area contributed by atoms with Gasteiger partial charge in [0.25, 0.3) is 11.8 Å². The second kappa shape index (κ2) is 10.3. The highest BCUT2D eigenvalue weighted by Gasteiger charge is 2.38. The van der Waals surface area contributed by atoms with Crippen molar-refractivity contribution in [2.75, 3.05) is 5.32 Å². The first-order valence-corrected chi connectivity index (χ1v) is 12.4. The number of hydrogen-bond acceptors (Lipinski definition) is 4. The molecular formula is C31H27N3O4. The molecule has 7 heteroatoms. The molecule has 2 heterocycles. The van der Waals surface area contributed by atoms with E-state index >= 15 is 0 Å². The van der Waals surface area contributed by atoms with Crippen molar-refractivity contribution in [2.24, 2.45) is 5.92 Å². The Morgan fingerprint density at radius 2 is 1.53 bits per heavy atom. The first-order chi connectivity index (χ1) is 18.3. The number of aromatic nitrogens is 1. The van der Waals surface area contributed by atoms with Gasteiger partial charge < -0.3 is 15.3 Å². The second-order valence-electron chi connectivity index (χ2n) is 9.66. The lowest BCUT2D eigenvalue weighted by atomic mass is 10.0. The van der Waals surface area contributed by atoms with Crippen LogP contribution in [-0.4, -0.2) is 38.8 Å². The topological polar surface area (TPSA) is 99.6 Å². The van der Waals surface area contributed by atoms with Crippen LogP contribution in [-0.2, 0) is 11.3 Å². The molecule has 5 rings (SSSR count). The highest BCUT2D eigenvalue weighted by molar-refractivity contribution is 6.04. The highest BCUT2D eigenvalue weighted by atomic mass is 16.4. The number of carbonyl (C=O) groups is 3. The average molecular weight is 506 g/mol. The molecule has 0 aliphatic carbocycles. The van der Waals surface area contributed by atoms with E-state index in [1.165, 1.54) is 4.90 Å². The molecule has 4 aromatic rings. The zero-order valence-corrected chi connectivity index (χ0v) is 21.1. The van der Waals surface area contributed by atoms with Crippen LogP contribution in [0.2, 0.25) is 0 Å². The summed E-state index contributed by atoms with van der Waals surface area (Å²) >= 11 is 0. The van der Waals surface area contributed by atoms with Gasteiger partial charge in [-0.25, -0.2) is 9.78 Å². The van der Waals surface area contributed by atoms with Gasteiger partial charge in [-0.15, -0.1) is 0 Å². The maximum atomic E-state index is 13.0. The summed E-state index contributed by atoms with van der Waals surface area (Å²) in [6.07, 6.45) is 1.64. The molecule has 1 atom stereocenters. The first kappa shape index (κ1) is 24.9. The number of anilines is 1. The van der Waals surface area contributed by atoms with Gasteiger partial charge in [-0.3, -0.25) is 9.59 Å². The van der Waals surface area contributed by atoms with Gasteiger partial charge >= 0.3 is 5.97 Å². The Kier molecular flexibility index (Phi) is 6.75. The van der Waals surface area contributed by atoms with Crippen LogP contribution in [0.25, 0.3) is 22.3 Å². The van der Waals surface area contributed by atoms with E-state index in [0.717, 1.165) is 27.8 Å². The number of nitrogens with zero attached hydrogens (tertiary/aromatic N) is 2. The molecule has 1 aliphatic rings. The quantitative estimate of drug-likeness (QED) is 0.334. The number of carbonyl (C=O) groups excluding carboxylic acids is 2. The molecule has 0 bridgehead atoms. The fraction of sp³-hybridized carbons (Fsp3) is 0.161. The normalized spacial score (nSPS) is 13.3. The predicted octanol–water partition coefficient (Wildman–Crippen LogP) is 5.73. The molecule has 7 nitrogen and oxygen atoms in total. The molecule has 0 radical (unpaired) electrons. The van der Waals surface area contributed by atoms with Gasteiger partial charge in [0.15, 0.2) is 0 Å². The minimum absolute atomic E-state index is 0.209. The standard InChI is InChI=1S/C31H27N3O4/c1-19(2)28(31(37)38)34-18-25-13-12-23(16-26(25)30(34)36)24-14-15-27(32-17-24)33-29(35)22-10-8-21(9-11-22)20-6-4-3-5-7-20/h3-17,19,28H,18H2,1-2H3,(H,37,38)(H,32,33,35). The van der Waals surface area contributed by atoms with E-state index in [2.05, 4.69) is 10.3 Å². The van der Waals surface area contributed by atoms with Crippen LogP contribution in [0.1, 0.15) is 40.1 Å². The minimum atomic E-state index is -1.00. The number of nitrogens with one attached hydrogen (secondary N) is 1. The van der Waals surface area contributed by atoms with Gasteiger partial charge in [-0.1, -0.05) is 68.4 Å². The van der Waals surface area contributed by atoms with Crippen LogP contribution in [0.5, 0.6) is 0 Å². The third-order valence-electron chi connectivity index (χ3n) is 6.75. The molecule has 0 saturated heterocycles. The zero-order valence-electron chi connectivity index (χ0n) is 21.1. The number of fused-ring (bicyclic) bond motifs is 1. The molecule has 0 saturated carbocycles. The molecule has 38 heavy (non-hydrogen) atoms. The average Bonchev–Trinajstić information content (AvgIpc) is 3.24. The van der Waals surface area contributed by atoms with Crippen molar-refractivity contribution in [2.45, 2.75) is 26.4 Å². The number of rotatable bonds is 7. The molecule has 2 N–H and O–H groups in total. The van der Waals surface area contributed by atoms with Crippen LogP contribution in [0.15, 0.2) is 91.1 Å². The smallest absolute Gasteiger partial charge is 0.326 e. The summed E-state index contributed by atoms with van der Waals surface area (Å²) in [5.41, 5.74) is 5.52. The largest absolute Gasteiger partial charge is 0.480 e. The van der Waals surface area contributed by atoms with Crippen molar-refractivity contribution < 1.29 is 19.5 Å². The van der Waals surface area contributed by atoms with E-state index in [1.807, 2.05) is 60.7 Å². The molecule has 1 aliphatic heterocycles. The lowest BCUT2D eigenvalue weighted by Crippen LogP contribution is -2.44. The maximum Gasteiger partial charge on any atom is 0.326 e. The van der Waals surface area contributed by atoms with Crippen molar-refractivity contribution in [3.8, 4) is 22.3 Å². The Morgan fingerprint density at radius 3 is 2.16 bits per heavy atom. The van der Waals surface area contributed by atoms with E-state index < -0.39 is 12.0 Å². The Labute approximate surface area is 220 Å². The molecule has 0 spiro atoms. The van der Waals surface area contributed by atoms with Gasteiger partial charge in [-0.2, -0.15) is 0 Å². The van der Waals surface area contributed by atoms with E-state index in [1.54, 1.807) is 44.3 Å². The summed E-state index contributed by atoms with van der Waals surface area (Å²) in [5, 5.41) is 12.4. The van der Waals surface area contributed by atoms with Gasteiger partial charge in [0, 0.05) is 29.4 Å². The third-order valence-corrected chi connectivity index (χ3v) is 6.75. The van der Waals surface area contributed by atoms with Crippen LogP contribution in [0.3, 0.4) is 0 Å². The van der Waals surface area contributed by atoms with E-state index in [-0.39, 0.29) is 24.3 Å². The van der Waals surface area contributed by atoms with Crippen molar-refractivity contribution in [3.63, 3.8) is 0 Å². The van der Waals surface area contributed by atoms with E-state index in [0.29, 0.717) is 16.9 Å². The van der Waals surface area contributed by atoms with Crippen LogP contribution in [0.4, 0.5) is 5.82 Å². The summed E-state index contributed by atoms with van der Waals surface area (Å²) < 4.78 is 0. The summed E-state index contributed by atoms with van der Waals surface area (Å²) in [5.74, 6) is -1.34. The van der Waals surface area contributed by atoms with E-state index in [9.17, 15) is 19.5 Å². The Morgan fingerprint density at radius 1 is 0.868 bits per heavy atom. The molecule has 2 amide bonds. The lowest BCUT2D eigenvalue weighted by molar-refractivity contribution is -0.144. The molecule has 0 fully saturated rings. The molecule has 3 aromatic carbocycles. The Hall–Kier alpha value is -4.78. The SMILES string of the molecule is CC(C)C(C(=O)O)N1Cc2ccc(-c3ccc(NC(=O)c4ccc(-c5ccccc5)cc4)nc3)cc2C1=O. The Balaban J connectivity index is 1.28. The van der Waals surface area contributed by atoms with E-state index in [4.69, 9.17) is 0 Å². The van der Waals surface area contributed by atoms with Crippen LogP contribution < -0.4 is 5.32 Å². The van der Waals surface area contributed by atoms with Crippen molar-refractivity contribution in [3.05, 3.63) is 108 Å². The molecule has 1 unspecified atom stereocenters. The highest BCUT2D eigenvalue weighted by Crippen LogP contribution is 2.31. The van der Waals surface area contributed by atoms with Crippen molar-refractivity contribution in [1.82, 2.24) is 9.88 Å². The monoisotopic (exact) mass is 505 g/mol. The van der Waals surface area contributed by atoms with Gasteiger partial charge in [-0.05, 0) is 58.5 Å². The van der Waals surface area contributed by atoms with Gasteiger partial charge in [0.1, 0.15) is 11.9 Å². The van der Waals surface area contributed by atoms with Gasteiger partial charge in [0.2, 0.25) is 0 Å². The number of carboxylic acids is 1. The number of pyridine rings is 1. The van der Waals surface area contributed by atoms with Crippen LogP contribution in [0, 0.1) is 5.92 Å². The lowest BCUT2D eigenvalue weighted by Gasteiger charge is -2.27. The summed E-state index contributed by atoms with van der Waals surface area (Å²) in [6.45, 7) is 3.87. The summed E-state index contributed by atoms with van der Waals surface area (Å²) in [6, 6.07) is 25.5. The molecular weight excluding hydrogens is 478 g/mol.